The third-order valence-electron chi connectivity index (χ3n) is 3.46. The average Bonchev–Trinajstić information content (AvgIpc) is 2.36. The number of H-pyrrole nitrogens is 1. The summed E-state index contributed by atoms with van der Waals surface area (Å²) in [6, 6.07) is 0.105. The fraction of sp³-hybridized carbons (Fsp3) is 0.600. The molecule has 1 aromatic heterocycles. The van der Waals surface area contributed by atoms with Crippen LogP contribution in [0, 0.1) is 3.57 Å². The molecule has 0 amide bonds. The van der Waals surface area contributed by atoms with E-state index in [-0.39, 0.29) is 21.1 Å². The van der Waals surface area contributed by atoms with Crippen LogP contribution < -0.4 is 5.56 Å². The maximum atomic E-state index is 11.6. The van der Waals surface area contributed by atoms with Crippen LogP contribution in [0.1, 0.15) is 11.9 Å². The molecular weight excluding hydrogens is 335 g/mol. The summed E-state index contributed by atoms with van der Waals surface area (Å²) in [6.45, 7) is 5.04. The fourth-order valence-corrected chi connectivity index (χ4v) is 2.75. The first-order chi connectivity index (χ1) is 8.15. The average molecular weight is 348 g/mol. The second kappa shape index (κ2) is 4.21. The Bertz CT molecular complexity index is 496. The van der Waals surface area contributed by atoms with Gasteiger partial charge < -0.3 is 10.1 Å². The Labute approximate surface area is 112 Å². The number of aromatic hydroxyl groups is 1. The molecule has 4 rings (SSSR count). The molecule has 6 nitrogen and oxygen atoms in total. The largest absolute Gasteiger partial charge is 0.492 e. The number of aromatic nitrogens is 2. The standard InChI is InChI=1S/C10H13IN4O2/c11-7-9(16)12-8(13-10(7)17)6-5-14-1-3-15(6)4-2-14/h6H,1-5H2,(H2,12,13,16,17). The van der Waals surface area contributed by atoms with Crippen molar-refractivity contribution in [3.05, 3.63) is 19.7 Å². The summed E-state index contributed by atoms with van der Waals surface area (Å²) in [4.78, 5) is 23.2. The Balaban J connectivity index is 1.97. The number of rotatable bonds is 1. The molecule has 1 aromatic rings. The van der Waals surface area contributed by atoms with E-state index in [0.717, 1.165) is 32.7 Å². The van der Waals surface area contributed by atoms with Gasteiger partial charge in [-0.3, -0.25) is 14.6 Å². The molecule has 3 aliphatic heterocycles. The van der Waals surface area contributed by atoms with Crippen LogP contribution in [0.5, 0.6) is 5.88 Å². The number of piperazine rings is 3. The van der Waals surface area contributed by atoms with E-state index in [1.54, 1.807) is 22.6 Å². The van der Waals surface area contributed by atoms with Crippen molar-refractivity contribution >= 4 is 22.6 Å². The number of nitrogens with zero attached hydrogens (tertiary/aromatic N) is 3. The van der Waals surface area contributed by atoms with E-state index < -0.39 is 0 Å². The van der Waals surface area contributed by atoms with E-state index in [0.29, 0.717) is 5.82 Å². The molecule has 4 heterocycles. The van der Waals surface area contributed by atoms with Crippen LogP contribution in [0.3, 0.4) is 0 Å². The van der Waals surface area contributed by atoms with Crippen molar-refractivity contribution in [2.75, 3.05) is 32.7 Å². The number of halogens is 1. The van der Waals surface area contributed by atoms with Gasteiger partial charge in [0.05, 0.1) is 6.04 Å². The molecule has 92 valence electrons. The zero-order valence-corrected chi connectivity index (χ0v) is 11.3. The van der Waals surface area contributed by atoms with Gasteiger partial charge in [0, 0.05) is 32.7 Å². The molecule has 2 bridgehead atoms. The normalized spacial score (nSPS) is 31.7. The predicted octanol–water partition coefficient (Wildman–Crippen LogP) is -0.248. The first-order valence-corrected chi connectivity index (χ1v) is 6.68. The molecular formula is C10H13IN4O2. The molecule has 2 N–H and O–H groups in total. The molecule has 3 fully saturated rings. The van der Waals surface area contributed by atoms with E-state index in [4.69, 9.17) is 0 Å². The van der Waals surface area contributed by atoms with Gasteiger partial charge >= 0.3 is 0 Å². The molecule has 1 unspecified atom stereocenters. The molecule has 3 aliphatic rings. The van der Waals surface area contributed by atoms with Crippen LogP contribution in [-0.4, -0.2) is 57.6 Å². The summed E-state index contributed by atoms with van der Waals surface area (Å²) in [5, 5.41) is 9.61. The van der Waals surface area contributed by atoms with Crippen LogP contribution in [-0.2, 0) is 0 Å². The minimum Gasteiger partial charge on any atom is -0.492 e. The number of fused-ring (bicyclic) bond motifs is 3. The van der Waals surface area contributed by atoms with Crippen LogP contribution in [0.15, 0.2) is 4.79 Å². The highest BCUT2D eigenvalue weighted by Gasteiger charge is 2.34. The summed E-state index contributed by atoms with van der Waals surface area (Å²) in [6.07, 6.45) is 0. The van der Waals surface area contributed by atoms with E-state index in [1.165, 1.54) is 0 Å². The van der Waals surface area contributed by atoms with Gasteiger partial charge in [0.1, 0.15) is 9.39 Å². The SMILES string of the molecule is O=c1[nH]c(C2CN3CCN2CC3)nc(O)c1I. The molecule has 0 aromatic carbocycles. The van der Waals surface area contributed by atoms with Gasteiger partial charge in [0.15, 0.2) is 0 Å². The van der Waals surface area contributed by atoms with Crippen LogP contribution >= 0.6 is 22.6 Å². The Morgan fingerprint density at radius 2 is 2.06 bits per heavy atom. The lowest BCUT2D eigenvalue weighted by atomic mass is 10.1. The second-order valence-electron chi connectivity index (χ2n) is 4.44. The Kier molecular flexibility index (Phi) is 2.83. The fourth-order valence-electron chi connectivity index (χ4n) is 2.50. The van der Waals surface area contributed by atoms with Crippen molar-refractivity contribution in [2.45, 2.75) is 6.04 Å². The topological polar surface area (TPSA) is 72.5 Å². The van der Waals surface area contributed by atoms with Crippen molar-refractivity contribution in [3.63, 3.8) is 0 Å². The van der Waals surface area contributed by atoms with Crippen LogP contribution in [0.4, 0.5) is 0 Å². The van der Waals surface area contributed by atoms with Crippen molar-refractivity contribution in [2.24, 2.45) is 0 Å². The van der Waals surface area contributed by atoms with Crippen molar-refractivity contribution in [1.29, 1.82) is 0 Å². The highest BCUT2D eigenvalue weighted by Crippen LogP contribution is 2.27. The molecule has 1 atom stereocenters. The molecule has 3 saturated heterocycles. The van der Waals surface area contributed by atoms with E-state index >= 15 is 0 Å². The van der Waals surface area contributed by atoms with Gasteiger partial charge in [-0.05, 0) is 22.6 Å². The van der Waals surface area contributed by atoms with Gasteiger partial charge in [0.25, 0.3) is 5.56 Å². The molecule has 7 heteroatoms. The first-order valence-electron chi connectivity index (χ1n) is 5.60. The summed E-state index contributed by atoms with van der Waals surface area (Å²) in [5.74, 6) is 0.416. The number of hydrogen-bond acceptors (Lipinski definition) is 5. The quantitative estimate of drug-likeness (QED) is 0.685. The third kappa shape index (κ3) is 1.95. The number of nitrogens with one attached hydrogen (secondary N) is 1. The number of aromatic amines is 1. The van der Waals surface area contributed by atoms with Crippen LogP contribution in [0.2, 0.25) is 0 Å². The van der Waals surface area contributed by atoms with Crippen molar-refractivity contribution in [3.8, 4) is 5.88 Å². The maximum absolute atomic E-state index is 11.6. The van der Waals surface area contributed by atoms with E-state index in [9.17, 15) is 9.90 Å². The van der Waals surface area contributed by atoms with Gasteiger partial charge in [-0.25, -0.2) is 0 Å². The highest BCUT2D eigenvalue weighted by molar-refractivity contribution is 14.1. The summed E-state index contributed by atoms with van der Waals surface area (Å²) < 4.78 is 0.252. The van der Waals surface area contributed by atoms with E-state index in [2.05, 4.69) is 19.8 Å². The summed E-state index contributed by atoms with van der Waals surface area (Å²) in [7, 11) is 0. The predicted molar refractivity (Wildman–Crippen MR) is 70.0 cm³/mol. The summed E-state index contributed by atoms with van der Waals surface area (Å²) in [5.41, 5.74) is -0.259. The Morgan fingerprint density at radius 3 is 2.59 bits per heavy atom. The minimum absolute atomic E-state index is 0.105. The lowest BCUT2D eigenvalue weighted by molar-refractivity contribution is 0.00830. The molecule has 0 spiro atoms. The Hall–Kier alpha value is -0.670. The lowest BCUT2D eigenvalue weighted by Crippen LogP contribution is -2.57. The molecule has 0 radical (unpaired) electrons. The zero-order valence-electron chi connectivity index (χ0n) is 9.19. The van der Waals surface area contributed by atoms with Crippen molar-refractivity contribution < 1.29 is 5.11 Å². The van der Waals surface area contributed by atoms with Crippen LogP contribution in [0.25, 0.3) is 0 Å². The van der Waals surface area contributed by atoms with Gasteiger partial charge in [-0.15, -0.1) is 0 Å². The third-order valence-corrected chi connectivity index (χ3v) is 4.43. The molecule has 17 heavy (non-hydrogen) atoms. The van der Waals surface area contributed by atoms with Gasteiger partial charge in [-0.1, -0.05) is 0 Å². The zero-order chi connectivity index (χ0) is 12.0. The van der Waals surface area contributed by atoms with Crippen molar-refractivity contribution in [1.82, 2.24) is 19.8 Å². The monoisotopic (exact) mass is 348 g/mol. The number of hydrogen-bond donors (Lipinski definition) is 2. The highest BCUT2D eigenvalue weighted by atomic mass is 127. The Morgan fingerprint density at radius 1 is 1.35 bits per heavy atom. The molecule has 0 saturated carbocycles. The van der Waals surface area contributed by atoms with E-state index in [1.807, 2.05) is 0 Å². The minimum atomic E-state index is -0.259. The van der Waals surface area contributed by atoms with Gasteiger partial charge in [-0.2, -0.15) is 4.98 Å². The second-order valence-corrected chi connectivity index (χ2v) is 5.52. The summed E-state index contributed by atoms with van der Waals surface area (Å²) >= 11 is 1.80. The lowest BCUT2D eigenvalue weighted by Gasteiger charge is -2.46. The smallest absolute Gasteiger partial charge is 0.268 e. The first kappa shape index (κ1) is 11.4. The molecule has 0 aliphatic carbocycles. The maximum Gasteiger partial charge on any atom is 0.268 e. The van der Waals surface area contributed by atoms with Gasteiger partial charge in [0.2, 0.25) is 5.88 Å².